The van der Waals surface area contributed by atoms with Gasteiger partial charge in [-0.1, -0.05) is 11.6 Å². The maximum absolute atomic E-state index is 13.8. The Balaban J connectivity index is 1.44. The van der Waals surface area contributed by atoms with Gasteiger partial charge in [0.1, 0.15) is 17.8 Å². The van der Waals surface area contributed by atoms with Crippen molar-refractivity contribution in [3.8, 4) is 6.07 Å². The van der Waals surface area contributed by atoms with E-state index in [1.165, 1.54) is 18.2 Å². The molecule has 0 radical (unpaired) electrons. The van der Waals surface area contributed by atoms with Crippen LogP contribution in [0.2, 0.25) is 5.02 Å². The Labute approximate surface area is 248 Å². The van der Waals surface area contributed by atoms with Gasteiger partial charge in [0.15, 0.2) is 5.65 Å². The number of benzene rings is 1. The zero-order chi connectivity index (χ0) is 30.2. The summed E-state index contributed by atoms with van der Waals surface area (Å²) in [5, 5.41) is 14.7. The van der Waals surface area contributed by atoms with Crippen LogP contribution in [-0.4, -0.2) is 78.3 Å². The monoisotopic (exact) mass is 614 g/mol. The Hall–Kier alpha value is -3.93. The summed E-state index contributed by atoms with van der Waals surface area (Å²) in [7, 11) is -3.63. The first kappa shape index (κ1) is 29.6. The Morgan fingerprint density at radius 1 is 1.26 bits per heavy atom. The van der Waals surface area contributed by atoms with Crippen LogP contribution in [-0.2, 0) is 19.6 Å². The van der Waals surface area contributed by atoms with E-state index in [9.17, 15) is 23.3 Å². The molecule has 1 amide bonds. The summed E-state index contributed by atoms with van der Waals surface area (Å²) >= 11 is 6.20. The van der Waals surface area contributed by atoms with Crippen molar-refractivity contribution in [3.63, 3.8) is 0 Å². The second kappa shape index (κ2) is 11.7. The highest BCUT2D eigenvalue weighted by atomic mass is 35.5. The lowest BCUT2D eigenvalue weighted by molar-refractivity contribution is -0.147. The number of sulfonamides is 1. The van der Waals surface area contributed by atoms with Gasteiger partial charge in [0.25, 0.3) is 5.91 Å². The van der Waals surface area contributed by atoms with Gasteiger partial charge < -0.3 is 20.3 Å². The number of esters is 1. The third-order valence-corrected chi connectivity index (χ3v) is 8.24. The quantitative estimate of drug-likeness (QED) is 0.375. The van der Waals surface area contributed by atoms with Gasteiger partial charge >= 0.3 is 5.97 Å². The van der Waals surface area contributed by atoms with Crippen LogP contribution in [0.4, 0.5) is 11.5 Å². The molecule has 0 bridgehead atoms. The van der Waals surface area contributed by atoms with Crippen molar-refractivity contribution in [1.82, 2.24) is 19.5 Å². The number of nitrogens with zero attached hydrogens (tertiary/aromatic N) is 6. The minimum absolute atomic E-state index is 0.157. The van der Waals surface area contributed by atoms with Gasteiger partial charge in [0.05, 0.1) is 48.4 Å². The molecule has 2 saturated heterocycles. The van der Waals surface area contributed by atoms with Crippen LogP contribution < -0.4 is 15.4 Å². The number of hydrogen-bond acceptors (Lipinski definition) is 10. The maximum Gasteiger partial charge on any atom is 0.320 e. The number of carbonyl (C=O) groups is 2. The van der Waals surface area contributed by atoms with E-state index in [1.807, 2.05) is 24.1 Å². The molecule has 2 fully saturated rings. The number of piperidine rings is 1. The molecule has 1 aromatic carbocycles. The van der Waals surface area contributed by atoms with E-state index in [0.717, 1.165) is 24.7 Å². The molecule has 3 N–H and O–H groups in total. The number of fused-ring (bicyclic) bond motifs is 1. The molecule has 1 unspecified atom stereocenters. The Morgan fingerprint density at radius 3 is 2.76 bits per heavy atom. The highest BCUT2D eigenvalue weighted by molar-refractivity contribution is 7.92. The molecule has 15 heteroatoms. The third kappa shape index (κ3) is 6.13. The lowest BCUT2D eigenvalue weighted by Gasteiger charge is -2.35. The maximum atomic E-state index is 13.8. The number of likely N-dealkylation sites (tertiary alicyclic amines) is 1. The fourth-order valence-corrected chi connectivity index (χ4v) is 6.28. The van der Waals surface area contributed by atoms with Crippen LogP contribution in [0, 0.1) is 24.2 Å². The Bertz CT molecular complexity index is 1690. The van der Waals surface area contributed by atoms with Gasteiger partial charge in [-0.15, -0.1) is 0 Å². The molecule has 0 aliphatic carbocycles. The summed E-state index contributed by atoms with van der Waals surface area (Å²) < 4.78 is 33.4. The summed E-state index contributed by atoms with van der Waals surface area (Å²) in [4.78, 5) is 34.0. The number of ether oxygens (including phenoxy) is 1. The van der Waals surface area contributed by atoms with Crippen molar-refractivity contribution in [2.75, 3.05) is 42.1 Å². The fraction of sp³-hybridized carbons (Fsp3) is 0.444. The summed E-state index contributed by atoms with van der Waals surface area (Å²) in [6, 6.07) is 8.14. The van der Waals surface area contributed by atoms with E-state index < -0.39 is 28.0 Å². The number of amides is 1. The van der Waals surface area contributed by atoms with Crippen LogP contribution in [0.5, 0.6) is 0 Å². The van der Waals surface area contributed by atoms with Gasteiger partial charge in [-0.2, -0.15) is 10.4 Å². The van der Waals surface area contributed by atoms with Gasteiger partial charge in [0.2, 0.25) is 10.0 Å². The average Bonchev–Trinajstić information content (AvgIpc) is 3.55. The zero-order valence-corrected chi connectivity index (χ0v) is 24.7. The summed E-state index contributed by atoms with van der Waals surface area (Å²) in [6.07, 6.45) is 4.59. The van der Waals surface area contributed by atoms with Crippen molar-refractivity contribution in [3.05, 3.63) is 52.3 Å². The van der Waals surface area contributed by atoms with Gasteiger partial charge in [-0.3, -0.25) is 14.3 Å². The minimum atomic E-state index is -3.63. The Kier molecular flexibility index (Phi) is 8.27. The molecule has 3 atom stereocenters. The standard InChI is InChI=1S/C27H31ClN8O5S/c1-16-13-36-24(31-26(16)34-14-17(11-29)23(15-34)41-25(37)12-30)10-21(32-36)22-5-3-4-8-35(22)27(38)19-9-18(28)6-7-20(19)33-42(2,39)40/h6-7,9-10,13,17,22-23,33H,3-5,8,12,14-15,30H2,1-2H3/t17-,22?,23+/m1/s1. The highest BCUT2D eigenvalue weighted by Crippen LogP contribution is 2.35. The van der Waals surface area contributed by atoms with Crippen molar-refractivity contribution >= 4 is 50.7 Å². The molecule has 3 aromatic rings. The average molecular weight is 615 g/mol. The van der Waals surface area contributed by atoms with E-state index >= 15 is 0 Å². The predicted octanol–water partition coefficient (Wildman–Crippen LogP) is 2.26. The number of aryl methyl sites for hydroxylation is 1. The molecule has 2 aliphatic rings. The first-order chi connectivity index (χ1) is 20.0. The van der Waals surface area contributed by atoms with Crippen LogP contribution in [0.25, 0.3) is 5.65 Å². The van der Waals surface area contributed by atoms with E-state index in [-0.39, 0.29) is 29.7 Å². The third-order valence-electron chi connectivity index (χ3n) is 7.42. The van der Waals surface area contributed by atoms with Crippen molar-refractivity contribution in [2.24, 2.45) is 11.7 Å². The van der Waals surface area contributed by atoms with Crippen LogP contribution in [0.1, 0.15) is 46.9 Å². The molecular weight excluding hydrogens is 584 g/mol. The van der Waals surface area contributed by atoms with E-state index in [2.05, 4.69) is 10.8 Å². The second-order valence-corrected chi connectivity index (χ2v) is 12.8. The number of rotatable bonds is 7. The SMILES string of the molecule is Cc1cn2nc(C3CCCCN3C(=O)c3cc(Cl)ccc3NS(C)(=O)=O)cc2nc1N1C[C@@H](C#N)[C@@H](OC(=O)CN)C1. The molecule has 42 heavy (non-hydrogen) atoms. The minimum Gasteiger partial charge on any atom is -0.458 e. The molecule has 2 aromatic heterocycles. The van der Waals surface area contributed by atoms with Crippen LogP contribution in [0.3, 0.4) is 0 Å². The zero-order valence-electron chi connectivity index (χ0n) is 23.2. The number of nitriles is 1. The van der Waals surface area contributed by atoms with Crippen LogP contribution in [0.15, 0.2) is 30.5 Å². The van der Waals surface area contributed by atoms with Gasteiger partial charge in [-0.05, 0) is 44.4 Å². The number of nitrogens with one attached hydrogen (secondary N) is 1. The topological polar surface area (TPSA) is 176 Å². The smallest absolute Gasteiger partial charge is 0.320 e. The molecule has 2 aliphatic heterocycles. The largest absolute Gasteiger partial charge is 0.458 e. The van der Waals surface area contributed by atoms with Crippen molar-refractivity contribution < 1.29 is 22.7 Å². The van der Waals surface area contributed by atoms with Crippen molar-refractivity contribution in [2.45, 2.75) is 38.3 Å². The lowest BCUT2D eigenvalue weighted by atomic mass is 9.98. The summed E-state index contributed by atoms with van der Waals surface area (Å²) in [5.41, 5.74) is 7.72. The number of aromatic nitrogens is 3. The number of halogens is 1. The summed E-state index contributed by atoms with van der Waals surface area (Å²) in [6.45, 7) is 2.74. The Morgan fingerprint density at radius 2 is 2.05 bits per heavy atom. The van der Waals surface area contributed by atoms with Gasteiger partial charge in [0, 0.05) is 35.9 Å². The lowest BCUT2D eigenvalue weighted by Crippen LogP contribution is -2.39. The molecule has 4 heterocycles. The first-order valence-corrected chi connectivity index (χ1v) is 15.7. The molecule has 13 nitrogen and oxygen atoms in total. The molecular formula is C27H31ClN8O5S. The normalized spacial score (nSPS) is 20.9. The molecule has 222 valence electrons. The van der Waals surface area contributed by atoms with E-state index in [0.29, 0.717) is 48.2 Å². The molecule has 0 saturated carbocycles. The number of carbonyl (C=O) groups excluding carboxylic acids is 2. The predicted molar refractivity (Wildman–Crippen MR) is 156 cm³/mol. The van der Waals surface area contributed by atoms with Crippen LogP contribution >= 0.6 is 11.6 Å². The van der Waals surface area contributed by atoms with E-state index in [4.69, 9.17) is 32.2 Å². The molecule has 0 spiro atoms. The first-order valence-electron chi connectivity index (χ1n) is 13.5. The molecule has 5 rings (SSSR count). The fourth-order valence-electron chi connectivity index (χ4n) is 5.53. The second-order valence-electron chi connectivity index (χ2n) is 10.6. The van der Waals surface area contributed by atoms with Gasteiger partial charge in [-0.25, -0.2) is 17.9 Å². The number of anilines is 2. The summed E-state index contributed by atoms with van der Waals surface area (Å²) in [5.74, 6) is -0.791. The van der Waals surface area contributed by atoms with Crippen molar-refractivity contribution in [1.29, 1.82) is 5.26 Å². The highest BCUT2D eigenvalue weighted by Gasteiger charge is 2.37. The number of hydrogen-bond donors (Lipinski definition) is 2. The van der Waals surface area contributed by atoms with E-state index in [1.54, 1.807) is 9.42 Å². The number of nitrogens with two attached hydrogens (primary N) is 1.